The Morgan fingerprint density at radius 3 is 2.46 bits per heavy atom. The van der Waals surface area contributed by atoms with Crippen LogP contribution in [0, 0.1) is 0 Å². The van der Waals surface area contributed by atoms with Crippen molar-refractivity contribution in [3.63, 3.8) is 0 Å². The molecule has 0 saturated carbocycles. The molecule has 0 aliphatic rings. The first kappa shape index (κ1) is 24.3. The summed E-state index contributed by atoms with van der Waals surface area (Å²) in [5.41, 5.74) is 2.52. The Morgan fingerprint density at radius 1 is 1.03 bits per heavy atom. The Morgan fingerprint density at radius 2 is 1.77 bits per heavy atom. The monoisotopic (exact) mass is 497 g/mol. The lowest BCUT2D eigenvalue weighted by Crippen LogP contribution is -2.28. The third-order valence-electron chi connectivity index (χ3n) is 5.62. The minimum absolute atomic E-state index is 0.298. The molecule has 2 aromatic carbocycles. The normalized spacial score (nSPS) is 12.5. The van der Waals surface area contributed by atoms with Crippen LogP contribution in [0.5, 0.6) is 17.2 Å². The number of hydrogen-bond acceptors (Lipinski definition) is 7. The summed E-state index contributed by atoms with van der Waals surface area (Å²) in [6.07, 6.45) is 2.78. The first-order chi connectivity index (χ1) is 16.8. The van der Waals surface area contributed by atoms with E-state index < -0.39 is 21.6 Å². The van der Waals surface area contributed by atoms with Gasteiger partial charge in [-0.05, 0) is 36.8 Å². The van der Waals surface area contributed by atoms with E-state index in [1.807, 2.05) is 31.2 Å². The van der Waals surface area contributed by atoms with Crippen LogP contribution in [0.15, 0.2) is 59.5 Å². The summed E-state index contributed by atoms with van der Waals surface area (Å²) in [5, 5.41) is 0. The molecule has 1 N–H and O–H groups in total. The maximum Gasteiger partial charge on any atom is 0.328 e. The average molecular weight is 498 g/mol. The molecule has 0 aliphatic carbocycles. The van der Waals surface area contributed by atoms with Crippen LogP contribution < -0.4 is 19.9 Å². The van der Waals surface area contributed by atoms with Gasteiger partial charge in [0.05, 0.1) is 38.1 Å². The topological polar surface area (TPSA) is 113 Å². The Balaban J connectivity index is 1.88. The van der Waals surface area contributed by atoms with Gasteiger partial charge in [0.25, 0.3) is 0 Å². The van der Waals surface area contributed by atoms with Crippen molar-refractivity contribution >= 4 is 21.0 Å². The van der Waals surface area contributed by atoms with E-state index in [0.29, 0.717) is 40.6 Å². The molecule has 0 bridgehead atoms. The van der Waals surface area contributed by atoms with Crippen molar-refractivity contribution in [2.24, 2.45) is 0 Å². The molecule has 0 aliphatic heterocycles. The van der Waals surface area contributed by atoms with E-state index in [1.54, 1.807) is 37.6 Å². The lowest BCUT2D eigenvalue weighted by Gasteiger charge is -2.20. The molecule has 9 nitrogen and oxygen atoms in total. The number of imidazole rings is 1. The smallest absolute Gasteiger partial charge is 0.328 e. The highest BCUT2D eigenvalue weighted by Crippen LogP contribution is 2.34. The van der Waals surface area contributed by atoms with Crippen LogP contribution in [-0.4, -0.2) is 55.8 Å². The van der Waals surface area contributed by atoms with Crippen LogP contribution in [-0.2, 0) is 9.84 Å². The number of nitrogens with one attached hydrogen (secondary N) is 1. The fourth-order valence-corrected chi connectivity index (χ4v) is 5.02. The third-order valence-corrected chi connectivity index (χ3v) is 6.54. The molecule has 0 amide bonds. The van der Waals surface area contributed by atoms with Gasteiger partial charge in [0.15, 0.2) is 17.1 Å². The highest BCUT2D eigenvalue weighted by molar-refractivity contribution is 7.90. The molecule has 2 aromatic heterocycles. The van der Waals surface area contributed by atoms with Crippen LogP contribution >= 0.6 is 0 Å². The van der Waals surface area contributed by atoms with E-state index in [0.717, 1.165) is 17.4 Å². The van der Waals surface area contributed by atoms with Gasteiger partial charge in [-0.15, -0.1) is 0 Å². The molecule has 35 heavy (non-hydrogen) atoms. The largest absolute Gasteiger partial charge is 0.496 e. The second-order valence-corrected chi connectivity index (χ2v) is 10.2. The molecule has 4 rings (SSSR count). The van der Waals surface area contributed by atoms with Crippen LogP contribution in [0.4, 0.5) is 0 Å². The summed E-state index contributed by atoms with van der Waals surface area (Å²) in [5.74, 6) is 1.35. The molecular weight excluding hydrogens is 470 g/mol. The second kappa shape index (κ2) is 9.83. The number of aromatic nitrogens is 3. The Labute approximate surface area is 203 Å². The number of aromatic amines is 1. The highest BCUT2D eigenvalue weighted by Gasteiger charge is 2.26. The molecule has 0 unspecified atom stereocenters. The standard InChI is InChI=1S/C25H27N3O6S/c1-5-34-23-13-16(10-11-22(23)33-3)20(15-35(4,30)31)28-24-19(27-25(28)29)12-17(14-26-24)18-8-6-7-9-21(18)32-2/h6-14,20H,5,15H2,1-4H3,(H,27,29)/t20-/m1/s1. The predicted octanol–water partition coefficient (Wildman–Crippen LogP) is 3.44. The van der Waals surface area contributed by atoms with Gasteiger partial charge in [0.1, 0.15) is 15.6 Å². The molecule has 10 heteroatoms. The van der Waals surface area contributed by atoms with Gasteiger partial charge in [-0.2, -0.15) is 0 Å². The summed E-state index contributed by atoms with van der Waals surface area (Å²) >= 11 is 0. The van der Waals surface area contributed by atoms with Gasteiger partial charge in [-0.1, -0.05) is 24.3 Å². The van der Waals surface area contributed by atoms with E-state index in [1.165, 1.54) is 11.7 Å². The van der Waals surface area contributed by atoms with Crippen molar-refractivity contribution in [3.05, 3.63) is 70.8 Å². The van der Waals surface area contributed by atoms with Crippen LogP contribution in [0.2, 0.25) is 0 Å². The third kappa shape index (κ3) is 5.02. The number of para-hydroxylation sites is 1. The van der Waals surface area contributed by atoms with Crippen molar-refractivity contribution in [1.82, 2.24) is 14.5 Å². The number of sulfone groups is 1. The lowest BCUT2D eigenvalue weighted by molar-refractivity contribution is 0.310. The summed E-state index contributed by atoms with van der Waals surface area (Å²) in [4.78, 5) is 20.5. The molecule has 0 saturated heterocycles. The zero-order valence-corrected chi connectivity index (χ0v) is 20.8. The number of methoxy groups -OCH3 is 2. The molecule has 184 valence electrons. The maximum absolute atomic E-state index is 13.1. The Hall–Kier alpha value is -3.79. The minimum atomic E-state index is -3.47. The van der Waals surface area contributed by atoms with Crippen molar-refractivity contribution in [2.75, 3.05) is 32.8 Å². The second-order valence-electron chi connectivity index (χ2n) is 8.05. The molecule has 0 spiro atoms. The molecule has 1 atom stereocenters. The fourth-order valence-electron chi connectivity index (χ4n) is 4.11. The number of fused-ring (bicyclic) bond motifs is 1. The molecular formula is C25H27N3O6S. The maximum atomic E-state index is 13.1. The van der Waals surface area contributed by atoms with Crippen LogP contribution in [0.25, 0.3) is 22.3 Å². The van der Waals surface area contributed by atoms with E-state index in [9.17, 15) is 13.2 Å². The van der Waals surface area contributed by atoms with Gasteiger partial charge in [0.2, 0.25) is 0 Å². The van der Waals surface area contributed by atoms with Gasteiger partial charge >= 0.3 is 5.69 Å². The first-order valence-corrected chi connectivity index (χ1v) is 13.0. The van der Waals surface area contributed by atoms with Crippen molar-refractivity contribution in [1.29, 1.82) is 0 Å². The van der Waals surface area contributed by atoms with Crippen molar-refractivity contribution in [3.8, 4) is 28.4 Å². The van der Waals surface area contributed by atoms with Crippen molar-refractivity contribution < 1.29 is 22.6 Å². The average Bonchev–Trinajstić information content (AvgIpc) is 3.16. The van der Waals surface area contributed by atoms with Gasteiger partial charge in [-0.3, -0.25) is 4.57 Å². The quantitative estimate of drug-likeness (QED) is 0.377. The van der Waals surface area contributed by atoms with Crippen LogP contribution in [0.1, 0.15) is 18.5 Å². The summed E-state index contributed by atoms with van der Waals surface area (Å²) in [6, 6.07) is 13.6. The lowest BCUT2D eigenvalue weighted by atomic mass is 10.1. The van der Waals surface area contributed by atoms with E-state index in [4.69, 9.17) is 14.2 Å². The number of ether oxygens (including phenoxy) is 3. The Bertz CT molecular complexity index is 1520. The molecule has 0 radical (unpaired) electrons. The predicted molar refractivity (Wildman–Crippen MR) is 134 cm³/mol. The number of nitrogens with zero attached hydrogens (tertiary/aromatic N) is 2. The van der Waals surface area contributed by atoms with Gasteiger partial charge in [0, 0.05) is 23.6 Å². The molecule has 4 aromatic rings. The minimum Gasteiger partial charge on any atom is -0.496 e. The van der Waals surface area contributed by atoms with E-state index in [-0.39, 0.29) is 5.75 Å². The molecule has 2 heterocycles. The summed E-state index contributed by atoms with van der Waals surface area (Å²) < 4.78 is 42.6. The number of pyridine rings is 1. The highest BCUT2D eigenvalue weighted by atomic mass is 32.2. The number of benzene rings is 2. The fraction of sp³-hybridized carbons (Fsp3) is 0.280. The number of H-pyrrole nitrogens is 1. The first-order valence-electron chi connectivity index (χ1n) is 11.0. The SMILES string of the molecule is CCOc1cc([C@@H](CS(C)(=O)=O)n2c(=O)[nH]c3cc(-c4ccccc4OC)cnc32)ccc1OC. The zero-order valence-electron chi connectivity index (χ0n) is 19.9. The van der Waals surface area contributed by atoms with Crippen LogP contribution in [0.3, 0.4) is 0 Å². The summed E-state index contributed by atoms with van der Waals surface area (Å²) in [7, 11) is -0.360. The van der Waals surface area contributed by atoms with Gasteiger partial charge < -0.3 is 19.2 Å². The number of rotatable bonds is 9. The van der Waals surface area contributed by atoms with Crippen molar-refractivity contribution in [2.45, 2.75) is 13.0 Å². The summed E-state index contributed by atoms with van der Waals surface area (Å²) in [6.45, 7) is 2.24. The molecule has 0 fully saturated rings. The van der Waals surface area contributed by atoms with E-state index in [2.05, 4.69) is 9.97 Å². The zero-order chi connectivity index (χ0) is 25.2. The van der Waals surface area contributed by atoms with E-state index >= 15 is 0 Å². The number of hydrogen-bond donors (Lipinski definition) is 1. The Kier molecular flexibility index (Phi) is 6.83. The van der Waals surface area contributed by atoms with Gasteiger partial charge in [-0.25, -0.2) is 18.2 Å².